The number of para-hydroxylation sites is 1. The molecule has 2 amide bonds. The SMILES string of the molecule is COc1cccc(C(=O)N2CCC(CNC(=O)c3cc4ccccc4[nH]3)CC2)c1. The van der Waals surface area contributed by atoms with Crippen LogP contribution in [0, 0.1) is 5.92 Å². The fourth-order valence-corrected chi connectivity index (χ4v) is 3.81. The van der Waals surface area contributed by atoms with Crippen molar-refractivity contribution in [1.29, 1.82) is 0 Å². The summed E-state index contributed by atoms with van der Waals surface area (Å²) in [5, 5.41) is 4.06. The number of ether oxygens (including phenoxy) is 1. The maximum atomic E-state index is 12.7. The van der Waals surface area contributed by atoms with Gasteiger partial charge in [-0.05, 0) is 49.1 Å². The maximum absolute atomic E-state index is 12.7. The molecule has 1 aliphatic heterocycles. The van der Waals surface area contributed by atoms with E-state index in [1.807, 2.05) is 53.4 Å². The fourth-order valence-electron chi connectivity index (χ4n) is 3.81. The summed E-state index contributed by atoms with van der Waals surface area (Å²) < 4.78 is 5.21. The number of amides is 2. The van der Waals surface area contributed by atoms with Gasteiger partial charge in [-0.3, -0.25) is 9.59 Å². The molecule has 0 spiro atoms. The summed E-state index contributed by atoms with van der Waals surface area (Å²) >= 11 is 0. The Morgan fingerprint density at radius 2 is 1.90 bits per heavy atom. The Bertz CT molecular complexity index is 986. The van der Waals surface area contributed by atoms with Crippen molar-refractivity contribution in [1.82, 2.24) is 15.2 Å². The Labute approximate surface area is 169 Å². The van der Waals surface area contributed by atoms with Crippen molar-refractivity contribution in [3.05, 3.63) is 65.9 Å². The first-order valence-corrected chi connectivity index (χ1v) is 9.93. The van der Waals surface area contributed by atoms with Crippen LogP contribution in [-0.4, -0.2) is 48.4 Å². The van der Waals surface area contributed by atoms with E-state index in [0.717, 1.165) is 23.7 Å². The van der Waals surface area contributed by atoms with Crippen LogP contribution in [0.2, 0.25) is 0 Å². The van der Waals surface area contributed by atoms with E-state index in [9.17, 15) is 9.59 Å². The number of rotatable bonds is 5. The van der Waals surface area contributed by atoms with Gasteiger partial charge in [0.25, 0.3) is 11.8 Å². The molecular weight excluding hydrogens is 366 g/mol. The van der Waals surface area contributed by atoms with Gasteiger partial charge in [0.1, 0.15) is 11.4 Å². The van der Waals surface area contributed by atoms with Crippen LogP contribution >= 0.6 is 0 Å². The molecule has 1 saturated heterocycles. The number of likely N-dealkylation sites (tertiary alicyclic amines) is 1. The summed E-state index contributed by atoms with van der Waals surface area (Å²) in [6, 6.07) is 17.0. The van der Waals surface area contributed by atoms with Gasteiger partial charge in [-0.15, -0.1) is 0 Å². The normalized spacial score (nSPS) is 14.7. The van der Waals surface area contributed by atoms with Crippen LogP contribution in [0.1, 0.15) is 33.7 Å². The molecule has 1 aromatic heterocycles. The summed E-state index contributed by atoms with van der Waals surface area (Å²) in [6.45, 7) is 2.02. The van der Waals surface area contributed by atoms with Gasteiger partial charge in [0, 0.05) is 36.1 Å². The molecule has 3 aromatic rings. The lowest BCUT2D eigenvalue weighted by molar-refractivity contribution is 0.0684. The summed E-state index contributed by atoms with van der Waals surface area (Å²) in [5.74, 6) is 1.00. The van der Waals surface area contributed by atoms with Crippen LogP contribution in [-0.2, 0) is 0 Å². The first-order valence-electron chi connectivity index (χ1n) is 9.93. The zero-order valence-corrected chi connectivity index (χ0v) is 16.5. The molecule has 0 radical (unpaired) electrons. The summed E-state index contributed by atoms with van der Waals surface area (Å²) in [6.07, 6.45) is 1.76. The molecule has 0 unspecified atom stereocenters. The molecule has 1 aliphatic rings. The summed E-state index contributed by atoms with van der Waals surface area (Å²) in [5.41, 5.74) is 2.19. The number of nitrogens with one attached hydrogen (secondary N) is 2. The zero-order valence-electron chi connectivity index (χ0n) is 16.5. The van der Waals surface area contributed by atoms with E-state index < -0.39 is 0 Å². The van der Waals surface area contributed by atoms with Gasteiger partial charge in [-0.2, -0.15) is 0 Å². The van der Waals surface area contributed by atoms with E-state index in [4.69, 9.17) is 4.74 Å². The highest BCUT2D eigenvalue weighted by atomic mass is 16.5. The van der Waals surface area contributed by atoms with E-state index in [0.29, 0.717) is 42.6 Å². The van der Waals surface area contributed by atoms with E-state index >= 15 is 0 Å². The highest BCUT2D eigenvalue weighted by molar-refractivity contribution is 5.98. The molecule has 0 atom stereocenters. The fraction of sp³-hybridized carbons (Fsp3) is 0.304. The Balaban J connectivity index is 1.28. The van der Waals surface area contributed by atoms with Gasteiger partial charge in [0.2, 0.25) is 0 Å². The Morgan fingerprint density at radius 3 is 2.66 bits per heavy atom. The lowest BCUT2D eigenvalue weighted by Gasteiger charge is -2.32. The molecule has 1 fully saturated rings. The number of fused-ring (bicyclic) bond motifs is 1. The molecule has 2 aromatic carbocycles. The molecule has 2 N–H and O–H groups in total. The molecule has 150 valence electrons. The number of carbonyl (C=O) groups is 2. The van der Waals surface area contributed by atoms with Crippen molar-refractivity contribution in [3.8, 4) is 5.75 Å². The molecule has 0 bridgehead atoms. The van der Waals surface area contributed by atoms with Crippen molar-refractivity contribution in [2.24, 2.45) is 5.92 Å². The number of hydrogen-bond donors (Lipinski definition) is 2. The monoisotopic (exact) mass is 391 g/mol. The first kappa shape index (κ1) is 19.1. The molecule has 6 nitrogen and oxygen atoms in total. The standard InChI is InChI=1S/C23H25N3O3/c1-29-19-7-4-6-18(13-19)23(28)26-11-9-16(10-12-26)15-24-22(27)21-14-17-5-2-3-8-20(17)25-21/h2-8,13-14,16,25H,9-12,15H2,1H3,(H,24,27). The van der Waals surface area contributed by atoms with Crippen molar-refractivity contribution in [2.45, 2.75) is 12.8 Å². The molecule has 4 rings (SSSR count). The second-order valence-corrected chi connectivity index (χ2v) is 7.45. The maximum Gasteiger partial charge on any atom is 0.267 e. The van der Waals surface area contributed by atoms with Crippen LogP contribution in [0.25, 0.3) is 10.9 Å². The average Bonchev–Trinajstić information content (AvgIpc) is 3.22. The second-order valence-electron chi connectivity index (χ2n) is 7.45. The van der Waals surface area contributed by atoms with Crippen LogP contribution in [0.5, 0.6) is 5.75 Å². The molecule has 2 heterocycles. The molecule has 0 saturated carbocycles. The summed E-state index contributed by atoms with van der Waals surface area (Å²) in [7, 11) is 1.60. The number of H-pyrrole nitrogens is 1. The molecule has 29 heavy (non-hydrogen) atoms. The van der Waals surface area contributed by atoms with E-state index in [2.05, 4.69) is 10.3 Å². The number of aromatic nitrogens is 1. The van der Waals surface area contributed by atoms with Crippen LogP contribution < -0.4 is 10.1 Å². The largest absolute Gasteiger partial charge is 0.497 e. The van der Waals surface area contributed by atoms with Crippen molar-refractivity contribution >= 4 is 22.7 Å². The lowest BCUT2D eigenvalue weighted by atomic mass is 9.96. The number of hydrogen-bond acceptors (Lipinski definition) is 3. The van der Waals surface area contributed by atoms with Crippen molar-refractivity contribution in [2.75, 3.05) is 26.7 Å². The van der Waals surface area contributed by atoms with Gasteiger partial charge in [0.05, 0.1) is 7.11 Å². The predicted octanol–water partition coefficient (Wildman–Crippen LogP) is 3.46. The van der Waals surface area contributed by atoms with Gasteiger partial charge >= 0.3 is 0 Å². The third-order valence-corrected chi connectivity index (χ3v) is 5.54. The zero-order chi connectivity index (χ0) is 20.2. The molecular formula is C23H25N3O3. The van der Waals surface area contributed by atoms with Crippen LogP contribution in [0.3, 0.4) is 0 Å². The minimum Gasteiger partial charge on any atom is -0.497 e. The second kappa shape index (κ2) is 8.39. The van der Waals surface area contributed by atoms with E-state index in [1.165, 1.54) is 0 Å². The Hall–Kier alpha value is -3.28. The topological polar surface area (TPSA) is 74.4 Å². The lowest BCUT2D eigenvalue weighted by Crippen LogP contribution is -2.41. The number of methoxy groups -OCH3 is 1. The number of aromatic amines is 1. The third-order valence-electron chi connectivity index (χ3n) is 5.54. The van der Waals surface area contributed by atoms with Gasteiger partial charge in [0.15, 0.2) is 0 Å². The van der Waals surface area contributed by atoms with Gasteiger partial charge in [-0.25, -0.2) is 0 Å². The van der Waals surface area contributed by atoms with Crippen molar-refractivity contribution < 1.29 is 14.3 Å². The number of piperidine rings is 1. The minimum absolute atomic E-state index is 0.0319. The third kappa shape index (κ3) is 4.26. The van der Waals surface area contributed by atoms with Gasteiger partial charge in [-0.1, -0.05) is 24.3 Å². The Morgan fingerprint density at radius 1 is 1.10 bits per heavy atom. The summed E-state index contributed by atoms with van der Waals surface area (Å²) in [4.78, 5) is 30.2. The number of nitrogens with zero attached hydrogens (tertiary/aromatic N) is 1. The number of benzene rings is 2. The quantitative estimate of drug-likeness (QED) is 0.699. The highest BCUT2D eigenvalue weighted by Gasteiger charge is 2.24. The van der Waals surface area contributed by atoms with E-state index in [1.54, 1.807) is 13.2 Å². The molecule has 0 aliphatic carbocycles. The highest BCUT2D eigenvalue weighted by Crippen LogP contribution is 2.21. The first-order chi connectivity index (χ1) is 14.1. The van der Waals surface area contributed by atoms with Crippen molar-refractivity contribution in [3.63, 3.8) is 0 Å². The van der Waals surface area contributed by atoms with Crippen LogP contribution in [0.4, 0.5) is 0 Å². The average molecular weight is 391 g/mol. The van der Waals surface area contributed by atoms with E-state index in [-0.39, 0.29) is 11.8 Å². The predicted molar refractivity (Wildman–Crippen MR) is 112 cm³/mol. The van der Waals surface area contributed by atoms with Crippen LogP contribution in [0.15, 0.2) is 54.6 Å². The smallest absolute Gasteiger partial charge is 0.267 e. The minimum atomic E-state index is -0.0870. The Kier molecular flexibility index (Phi) is 5.51. The van der Waals surface area contributed by atoms with Gasteiger partial charge < -0.3 is 19.9 Å². The number of carbonyl (C=O) groups excluding carboxylic acids is 2. The molecule has 6 heteroatoms.